The number of carbonyl (C=O) groups excluding carboxylic acids is 2. The van der Waals surface area contributed by atoms with Gasteiger partial charge in [-0.05, 0) is 12.1 Å². The number of anilines is 1. The number of amides is 3. The van der Waals surface area contributed by atoms with Gasteiger partial charge in [0, 0.05) is 12.6 Å². The van der Waals surface area contributed by atoms with Crippen LogP contribution in [-0.4, -0.2) is 42.6 Å². The maximum absolute atomic E-state index is 13.4. The lowest BCUT2D eigenvalue weighted by Crippen LogP contribution is -2.51. The number of halogens is 2. The molecule has 1 saturated heterocycles. The molecule has 0 unspecified atom stereocenters. The number of nitrogens with two attached hydrogens (primary N) is 1. The third-order valence-corrected chi connectivity index (χ3v) is 2.84. The Morgan fingerprint density at radius 1 is 1.40 bits per heavy atom. The number of hydrogen-bond acceptors (Lipinski definition) is 3. The number of nitrogens with zero attached hydrogens (tertiary/aromatic N) is 1. The van der Waals surface area contributed by atoms with Crippen LogP contribution in [0.25, 0.3) is 0 Å². The van der Waals surface area contributed by atoms with Crippen molar-refractivity contribution in [2.75, 3.05) is 25.0 Å². The Labute approximate surface area is 113 Å². The maximum Gasteiger partial charge on any atom is 0.322 e. The van der Waals surface area contributed by atoms with Crippen molar-refractivity contribution in [3.63, 3.8) is 0 Å². The van der Waals surface area contributed by atoms with Gasteiger partial charge >= 0.3 is 6.03 Å². The molecular weight excluding hydrogens is 272 g/mol. The molecule has 1 aromatic carbocycles. The first-order valence-electron chi connectivity index (χ1n) is 5.89. The predicted octanol–water partition coefficient (Wildman–Crippen LogP) is 0.683. The molecule has 0 saturated carbocycles. The molecule has 1 fully saturated rings. The highest BCUT2D eigenvalue weighted by Crippen LogP contribution is 2.16. The zero-order valence-electron chi connectivity index (χ0n) is 10.4. The number of morpholine rings is 1. The van der Waals surface area contributed by atoms with Crippen molar-refractivity contribution in [3.8, 4) is 0 Å². The second-order valence-corrected chi connectivity index (χ2v) is 4.26. The molecule has 6 nitrogen and oxygen atoms in total. The average Bonchev–Trinajstić information content (AvgIpc) is 2.43. The Balaban J connectivity index is 2.04. The first-order chi connectivity index (χ1) is 9.47. The van der Waals surface area contributed by atoms with E-state index in [1.54, 1.807) is 0 Å². The third kappa shape index (κ3) is 3.21. The Kier molecular flexibility index (Phi) is 4.14. The molecule has 1 heterocycles. The molecule has 2 rings (SSSR count). The number of rotatable bonds is 2. The van der Waals surface area contributed by atoms with Gasteiger partial charge in [0.15, 0.2) is 6.10 Å². The van der Waals surface area contributed by atoms with Gasteiger partial charge in [0.2, 0.25) is 5.91 Å². The lowest BCUT2D eigenvalue weighted by atomic mass is 10.2. The van der Waals surface area contributed by atoms with E-state index in [0.29, 0.717) is 0 Å². The van der Waals surface area contributed by atoms with Crippen molar-refractivity contribution in [1.29, 1.82) is 0 Å². The normalized spacial score (nSPS) is 18.7. The largest absolute Gasteiger partial charge is 0.367 e. The van der Waals surface area contributed by atoms with E-state index in [1.165, 1.54) is 4.90 Å². The summed E-state index contributed by atoms with van der Waals surface area (Å²) in [6.07, 6.45) is -0.896. The monoisotopic (exact) mass is 285 g/mol. The Morgan fingerprint density at radius 3 is 2.85 bits per heavy atom. The molecule has 3 N–H and O–H groups in total. The van der Waals surface area contributed by atoms with Crippen LogP contribution in [-0.2, 0) is 9.53 Å². The molecule has 8 heteroatoms. The molecule has 20 heavy (non-hydrogen) atoms. The van der Waals surface area contributed by atoms with Gasteiger partial charge in [-0.3, -0.25) is 4.79 Å². The molecule has 0 bridgehead atoms. The van der Waals surface area contributed by atoms with Crippen LogP contribution in [0.5, 0.6) is 0 Å². The van der Waals surface area contributed by atoms with Gasteiger partial charge in [0.25, 0.3) is 0 Å². The van der Waals surface area contributed by atoms with Crippen LogP contribution < -0.4 is 11.1 Å². The Hall–Kier alpha value is -2.22. The number of carbonyl (C=O) groups is 2. The summed E-state index contributed by atoms with van der Waals surface area (Å²) >= 11 is 0. The highest BCUT2D eigenvalue weighted by molar-refractivity contribution is 5.90. The lowest BCUT2D eigenvalue weighted by molar-refractivity contribution is -0.133. The van der Waals surface area contributed by atoms with Gasteiger partial charge < -0.3 is 20.7 Å². The molecule has 0 radical (unpaired) electrons. The molecule has 0 aliphatic carbocycles. The van der Waals surface area contributed by atoms with Crippen molar-refractivity contribution in [1.82, 2.24) is 4.90 Å². The fourth-order valence-corrected chi connectivity index (χ4v) is 1.79. The van der Waals surface area contributed by atoms with Gasteiger partial charge in [-0.25, -0.2) is 13.6 Å². The van der Waals surface area contributed by atoms with Gasteiger partial charge in [-0.1, -0.05) is 0 Å². The summed E-state index contributed by atoms with van der Waals surface area (Å²) < 4.78 is 31.5. The van der Waals surface area contributed by atoms with Crippen LogP contribution >= 0.6 is 0 Å². The topological polar surface area (TPSA) is 84.7 Å². The second-order valence-electron chi connectivity index (χ2n) is 4.26. The minimum Gasteiger partial charge on any atom is -0.367 e. The predicted molar refractivity (Wildman–Crippen MR) is 65.9 cm³/mol. The van der Waals surface area contributed by atoms with Crippen LogP contribution in [0.1, 0.15) is 0 Å². The van der Waals surface area contributed by atoms with Crippen LogP contribution in [0.15, 0.2) is 18.2 Å². The minimum absolute atomic E-state index is 0.0297. The van der Waals surface area contributed by atoms with E-state index in [9.17, 15) is 18.4 Å². The van der Waals surface area contributed by atoms with Crippen molar-refractivity contribution >= 4 is 17.6 Å². The standard InChI is InChI=1S/C12H13F2N3O3/c13-7-1-2-8(14)9(5-7)16-12(19)17-3-4-20-10(6-17)11(15)18/h1-2,5,10H,3-4,6H2,(H2,15,18)(H,16,19)/t10-/m1/s1. The molecule has 1 aliphatic heterocycles. The number of ether oxygens (including phenoxy) is 1. The average molecular weight is 285 g/mol. The number of nitrogens with one attached hydrogen (secondary N) is 1. The summed E-state index contributed by atoms with van der Waals surface area (Å²) in [5, 5.41) is 2.24. The number of urea groups is 1. The van der Waals surface area contributed by atoms with Gasteiger partial charge in [0.1, 0.15) is 11.6 Å². The van der Waals surface area contributed by atoms with Crippen LogP contribution in [0, 0.1) is 11.6 Å². The number of benzene rings is 1. The molecule has 0 aromatic heterocycles. The fraction of sp³-hybridized carbons (Fsp3) is 0.333. The zero-order chi connectivity index (χ0) is 14.7. The van der Waals surface area contributed by atoms with E-state index in [1.807, 2.05) is 0 Å². The minimum atomic E-state index is -0.896. The van der Waals surface area contributed by atoms with E-state index in [-0.39, 0.29) is 25.4 Å². The maximum atomic E-state index is 13.4. The first-order valence-corrected chi connectivity index (χ1v) is 5.89. The molecular formula is C12H13F2N3O3. The molecule has 0 spiro atoms. The smallest absolute Gasteiger partial charge is 0.322 e. The van der Waals surface area contributed by atoms with Crippen molar-refractivity contribution in [2.24, 2.45) is 5.73 Å². The number of hydrogen-bond donors (Lipinski definition) is 2. The van der Waals surface area contributed by atoms with E-state index >= 15 is 0 Å². The van der Waals surface area contributed by atoms with Crippen LogP contribution in [0.2, 0.25) is 0 Å². The fourth-order valence-electron chi connectivity index (χ4n) is 1.79. The summed E-state index contributed by atoms with van der Waals surface area (Å²) in [7, 11) is 0. The van der Waals surface area contributed by atoms with Gasteiger partial charge in [-0.15, -0.1) is 0 Å². The molecule has 108 valence electrons. The van der Waals surface area contributed by atoms with Crippen molar-refractivity contribution in [3.05, 3.63) is 29.8 Å². The summed E-state index contributed by atoms with van der Waals surface area (Å²) in [5.74, 6) is -2.10. The van der Waals surface area contributed by atoms with E-state index in [0.717, 1.165) is 18.2 Å². The lowest BCUT2D eigenvalue weighted by Gasteiger charge is -2.31. The third-order valence-electron chi connectivity index (χ3n) is 2.84. The summed E-state index contributed by atoms with van der Waals surface area (Å²) in [4.78, 5) is 24.2. The van der Waals surface area contributed by atoms with Crippen molar-refractivity contribution < 1.29 is 23.1 Å². The molecule has 1 atom stereocenters. The quantitative estimate of drug-likeness (QED) is 0.838. The van der Waals surface area contributed by atoms with E-state index < -0.39 is 29.7 Å². The number of primary amides is 1. The molecule has 1 aliphatic rings. The van der Waals surface area contributed by atoms with Crippen molar-refractivity contribution in [2.45, 2.75) is 6.10 Å². The van der Waals surface area contributed by atoms with E-state index in [2.05, 4.69) is 5.32 Å². The summed E-state index contributed by atoms with van der Waals surface area (Å²) in [5.41, 5.74) is 4.83. The first kappa shape index (κ1) is 14.2. The zero-order valence-corrected chi connectivity index (χ0v) is 10.4. The Bertz CT molecular complexity index is 539. The SMILES string of the molecule is NC(=O)[C@H]1CN(C(=O)Nc2cc(F)ccc2F)CCO1. The van der Waals surface area contributed by atoms with Crippen LogP contribution in [0.4, 0.5) is 19.3 Å². The highest BCUT2D eigenvalue weighted by atomic mass is 19.1. The van der Waals surface area contributed by atoms with Gasteiger partial charge in [0.05, 0.1) is 18.8 Å². The Morgan fingerprint density at radius 2 is 2.15 bits per heavy atom. The summed E-state index contributed by atoms with van der Waals surface area (Å²) in [6, 6.07) is 2.09. The molecule has 3 amide bonds. The molecule has 1 aromatic rings. The second kappa shape index (κ2) is 5.83. The van der Waals surface area contributed by atoms with Crippen LogP contribution in [0.3, 0.4) is 0 Å². The summed E-state index contributed by atoms with van der Waals surface area (Å²) in [6.45, 7) is 0.345. The highest BCUT2D eigenvalue weighted by Gasteiger charge is 2.28. The van der Waals surface area contributed by atoms with Gasteiger partial charge in [-0.2, -0.15) is 0 Å². The van der Waals surface area contributed by atoms with E-state index in [4.69, 9.17) is 10.5 Å².